The molecule has 11 heavy (non-hydrogen) atoms. The Morgan fingerprint density at radius 2 is 1.73 bits per heavy atom. The van der Waals surface area contributed by atoms with Gasteiger partial charge in [-0.1, -0.05) is 13.8 Å². The molecular formula is C7H17NO3. The molecule has 0 aromatic carbocycles. The zero-order valence-corrected chi connectivity index (χ0v) is 7.29. The van der Waals surface area contributed by atoms with Gasteiger partial charge in [-0.25, -0.2) is 0 Å². The van der Waals surface area contributed by atoms with Gasteiger partial charge in [0.05, 0.1) is 0 Å². The van der Waals surface area contributed by atoms with Crippen molar-refractivity contribution in [1.82, 2.24) is 0 Å². The Morgan fingerprint density at radius 3 is 1.73 bits per heavy atom. The first-order valence-corrected chi connectivity index (χ1v) is 3.56. The monoisotopic (exact) mass is 163 g/mol. The first-order chi connectivity index (χ1) is 4.83. The van der Waals surface area contributed by atoms with Gasteiger partial charge in [-0.15, -0.1) is 0 Å². The second kappa shape index (κ2) is 6.12. The van der Waals surface area contributed by atoms with E-state index in [4.69, 9.17) is 15.9 Å². The molecule has 0 bridgehead atoms. The van der Waals surface area contributed by atoms with Crippen LogP contribution < -0.4 is 5.73 Å². The molecular weight excluding hydrogens is 146 g/mol. The molecule has 0 saturated carbocycles. The van der Waals surface area contributed by atoms with Gasteiger partial charge in [0.2, 0.25) is 0 Å². The number of carboxylic acid groups (broad SMARTS) is 1. The molecule has 0 aliphatic rings. The summed E-state index contributed by atoms with van der Waals surface area (Å²) in [5.74, 6) is -0.745. The summed E-state index contributed by atoms with van der Waals surface area (Å²) in [4.78, 5) is 9.37. The van der Waals surface area contributed by atoms with Crippen LogP contribution in [-0.4, -0.2) is 21.9 Å². The zero-order valence-electron chi connectivity index (χ0n) is 7.29. The van der Waals surface area contributed by atoms with E-state index in [9.17, 15) is 4.79 Å². The largest absolute Gasteiger partial charge is 0.481 e. The van der Waals surface area contributed by atoms with E-state index in [1.54, 1.807) is 13.8 Å². The van der Waals surface area contributed by atoms with Crippen LogP contribution in [0.1, 0.15) is 33.6 Å². The molecule has 4 heteroatoms. The zero-order chi connectivity index (χ0) is 9.49. The minimum absolute atomic E-state index is 0.222. The minimum Gasteiger partial charge on any atom is -0.481 e. The van der Waals surface area contributed by atoms with Crippen LogP contribution in [0.2, 0.25) is 0 Å². The molecule has 4 nitrogen and oxygen atoms in total. The maximum atomic E-state index is 9.37. The number of nitrogens with two attached hydrogens (primary N) is 1. The van der Waals surface area contributed by atoms with Gasteiger partial charge < -0.3 is 15.9 Å². The van der Waals surface area contributed by atoms with E-state index in [0.29, 0.717) is 6.42 Å². The molecule has 0 saturated heterocycles. The van der Waals surface area contributed by atoms with Gasteiger partial charge in [-0.2, -0.15) is 0 Å². The summed E-state index contributed by atoms with van der Waals surface area (Å²) < 4.78 is 0. The number of aliphatic carboxylic acids is 1. The summed E-state index contributed by atoms with van der Waals surface area (Å²) in [6.45, 7) is 5.01. The van der Waals surface area contributed by atoms with E-state index in [0.717, 1.165) is 0 Å². The van der Waals surface area contributed by atoms with Gasteiger partial charge in [0.25, 0.3) is 0 Å². The second-order valence-electron chi connectivity index (χ2n) is 2.46. The highest BCUT2D eigenvalue weighted by Crippen LogP contribution is 1.94. The van der Waals surface area contributed by atoms with Gasteiger partial charge in [0, 0.05) is 6.42 Å². The lowest BCUT2D eigenvalue weighted by Crippen LogP contribution is -2.34. The third kappa shape index (κ3) is 26.6. The molecule has 68 valence electrons. The van der Waals surface area contributed by atoms with Crippen LogP contribution in [0.25, 0.3) is 0 Å². The first-order valence-electron chi connectivity index (χ1n) is 3.56. The van der Waals surface area contributed by atoms with Crippen molar-refractivity contribution < 1.29 is 15.0 Å². The highest BCUT2D eigenvalue weighted by atomic mass is 16.4. The molecule has 0 aromatic heterocycles. The lowest BCUT2D eigenvalue weighted by molar-refractivity contribution is -0.136. The molecule has 0 spiro atoms. The minimum atomic E-state index is -0.958. The van der Waals surface area contributed by atoms with Crippen LogP contribution in [0.4, 0.5) is 0 Å². The Balaban J connectivity index is 0. The number of hydrogen-bond donors (Lipinski definition) is 3. The van der Waals surface area contributed by atoms with Gasteiger partial charge in [-0.3, -0.25) is 4.79 Å². The lowest BCUT2D eigenvalue weighted by atomic mass is 10.2. The van der Waals surface area contributed by atoms with Crippen LogP contribution >= 0.6 is 0 Å². The summed E-state index contributed by atoms with van der Waals surface area (Å²) in [5, 5.41) is 16.3. The van der Waals surface area contributed by atoms with Crippen LogP contribution in [0, 0.1) is 0 Å². The van der Waals surface area contributed by atoms with Crippen LogP contribution in [0.3, 0.4) is 0 Å². The molecule has 0 aliphatic carbocycles. The van der Waals surface area contributed by atoms with Crippen molar-refractivity contribution in [3.05, 3.63) is 0 Å². The summed E-state index contributed by atoms with van der Waals surface area (Å²) in [7, 11) is 0. The topological polar surface area (TPSA) is 83.5 Å². The predicted molar refractivity (Wildman–Crippen MR) is 43.0 cm³/mol. The molecule has 0 radical (unpaired) electrons. The number of aliphatic hydroxyl groups is 1. The molecule has 0 aliphatic heterocycles. The standard InChI is InChI=1S/C4H11NO.C3H6O2/c1-3-4(2,5)6;1-2-3(4)5/h6H,3,5H2,1-2H3;2H2,1H3,(H,4,5). The van der Waals surface area contributed by atoms with E-state index in [1.165, 1.54) is 0 Å². The van der Waals surface area contributed by atoms with E-state index >= 15 is 0 Å². The Morgan fingerprint density at radius 1 is 1.55 bits per heavy atom. The SMILES string of the molecule is CCC(=O)O.CCC(C)(N)O. The van der Waals surface area contributed by atoms with Crippen molar-refractivity contribution in [2.75, 3.05) is 0 Å². The van der Waals surface area contributed by atoms with Gasteiger partial charge >= 0.3 is 5.97 Å². The smallest absolute Gasteiger partial charge is 0.303 e. The van der Waals surface area contributed by atoms with Gasteiger partial charge in [0.15, 0.2) is 0 Å². The molecule has 0 aromatic rings. The summed E-state index contributed by atoms with van der Waals surface area (Å²) in [6.07, 6.45) is 0.826. The lowest BCUT2D eigenvalue weighted by Gasteiger charge is -2.11. The molecule has 1 atom stereocenters. The number of rotatable bonds is 2. The molecule has 1 unspecified atom stereocenters. The molecule has 0 rings (SSSR count). The van der Waals surface area contributed by atoms with E-state index in [1.807, 2.05) is 6.92 Å². The third-order valence-corrected chi connectivity index (χ3v) is 1.02. The number of hydrogen-bond acceptors (Lipinski definition) is 3. The van der Waals surface area contributed by atoms with E-state index < -0.39 is 11.7 Å². The summed E-state index contributed by atoms with van der Waals surface area (Å²) >= 11 is 0. The van der Waals surface area contributed by atoms with Crippen molar-refractivity contribution in [2.45, 2.75) is 39.3 Å². The van der Waals surface area contributed by atoms with Crippen molar-refractivity contribution in [2.24, 2.45) is 5.73 Å². The van der Waals surface area contributed by atoms with Crippen LogP contribution in [0.5, 0.6) is 0 Å². The first kappa shape index (κ1) is 13.0. The van der Waals surface area contributed by atoms with Crippen LogP contribution in [-0.2, 0) is 4.79 Å². The van der Waals surface area contributed by atoms with E-state index in [-0.39, 0.29) is 6.42 Å². The maximum absolute atomic E-state index is 9.37. The highest BCUT2D eigenvalue weighted by Gasteiger charge is 2.06. The van der Waals surface area contributed by atoms with Crippen LogP contribution in [0.15, 0.2) is 0 Å². The molecule has 0 amide bonds. The Labute approximate surface area is 67.0 Å². The number of carboxylic acids is 1. The molecule has 0 heterocycles. The van der Waals surface area contributed by atoms with Gasteiger partial charge in [0.1, 0.15) is 5.72 Å². The summed E-state index contributed by atoms with van der Waals surface area (Å²) in [6, 6.07) is 0. The van der Waals surface area contributed by atoms with Crippen molar-refractivity contribution in [3.8, 4) is 0 Å². The number of carbonyl (C=O) groups is 1. The predicted octanol–water partition coefficient (Wildman–Crippen LogP) is 0.545. The van der Waals surface area contributed by atoms with E-state index in [2.05, 4.69) is 0 Å². The van der Waals surface area contributed by atoms with Crippen molar-refractivity contribution >= 4 is 5.97 Å². The molecule has 4 N–H and O–H groups in total. The Kier molecular flexibility index (Phi) is 7.24. The fourth-order valence-corrected chi connectivity index (χ4v) is 0. The van der Waals surface area contributed by atoms with Gasteiger partial charge in [-0.05, 0) is 13.3 Å². The fraction of sp³-hybridized carbons (Fsp3) is 0.857. The fourth-order valence-electron chi connectivity index (χ4n) is 0. The Hall–Kier alpha value is -0.610. The second-order valence-corrected chi connectivity index (χ2v) is 2.46. The maximum Gasteiger partial charge on any atom is 0.303 e. The third-order valence-electron chi connectivity index (χ3n) is 1.02. The van der Waals surface area contributed by atoms with Crippen molar-refractivity contribution in [3.63, 3.8) is 0 Å². The Bertz CT molecular complexity index is 107. The average molecular weight is 163 g/mol. The van der Waals surface area contributed by atoms with Crippen molar-refractivity contribution in [1.29, 1.82) is 0 Å². The molecule has 0 fully saturated rings. The average Bonchev–Trinajstić information content (AvgIpc) is 1.88. The normalized spacial score (nSPS) is 14.3. The highest BCUT2D eigenvalue weighted by molar-refractivity contribution is 5.66. The quantitative estimate of drug-likeness (QED) is 0.519. The summed E-state index contributed by atoms with van der Waals surface area (Å²) in [5.41, 5.74) is 4.13.